The van der Waals surface area contributed by atoms with E-state index in [1.165, 1.54) is 12.4 Å². The lowest BCUT2D eigenvalue weighted by atomic mass is 9.99. The number of nitrogens with one attached hydrogen (secondary N) is 2. The van der Waals surface area contributed by atoms with Crippen LogP contribution in [-0.2, 0) is 0 Å². The molecular weight excluding hydrogens is 498 g/mol. The van der Waals surface area contributed by atoms with E-state index in [1.807, 2.05) is 37.3 Å². The second-order valence-electron chi connectivity index (χ2n) is 9.70. The number of ether oxygens (including phenoxy) is 1. The van der Waals surface area contributed by atoms with Crippen LogP contribution in [0.25, 0.3) is 0 Å². The summed E-state index contributed by atoms with van der Waals surface area (Å²) in [4.78, 5) is 46.2. The van der Waals surface area contributed by atoms with Gasteiger partial charge in [-0.2, -0.15) is 0 Å². The van der Waals surface area contributed by atoms with Crippen molar-refractivity contribution in [2.45, 2.75) is 26.0 Å². The molecule has 1 aromatic heterocycles. The number of nitrogens with zero attached hydrogens (tertiary/aromatic N) is 3. The van der Waals surface area contributed by atoms with Crippen molar-refractivity contribution in [1.82, 2.24) is 14.8 Å². The van der Waals surface area contributed by atoms with Crippen LogP contribution in [0.3, 0.4) is 0 Å². The summed E-state index contributed by atoms with van der Waals surface area (Å²) in [6.07, 6.45) is 2.60. The number of fused-ring (bicyclic) bond motifs is 1. The zero-order chi connectivity index (χ0) is 27.9. The van der Waals surface area contributed by atoms with Gasteiger partial charge in [0.15, 0.2) is 0 Å². The van der Waals surface area contributed by atoms with Crippen LogP contribution in [0.15, 0.2) is 73.1 Å². The number of hydrogen-bond donors (Lipinski definition) is 3. The summed E-state index contributed by atoms with van der Waals surface area (Å²) in [5.74, 6) is -0.471. The molecule has 4 amide bonds. The van der Waals surface area contributed by atoms with Crippen LogP contribution in [-0.4, -0.2) is 76.6 Å². The molecule has 1 aliphatic rings. The van der Waals surface area contributed by atoms with Gasteiger partial charge in [-0.15, -0.1) is 0 Å². The van der Waals surface area contributed by atoms with E-state index < -0.39 is 12.1 Å². The zero-order valence-electron chi connectivity index (χ0n) is 22.2. The van der Waals surface area contributed by atoms with Crippen LogP contribution in [0.4, 0.5) is 16.2 Å². The molecule has 204 valence electrons. The van der Waals surface area contributed by atoms with Gasteiger partial charge in [0.2, 0.25) is 0 Å². The van der Waals surface area contributed by atoms with Gasteiger partial charge in [0.1, 0.15) is 11.9 Å². The van der Waals surface area contributed by atoms with Crippen molar-refractivity contribution in [3.05, 3.63) is 84.2 Å². The highest BCUT2D eigenvalue weighted by atomic mass is 16.5. The number of pyridine rings is 1. The Kier molecular flexibility index (Phi) is 8.77. The summed E-state index contributed by atoms with van der Waals surface area (Å²) in [5, 5.41) is 15.6. The van der Waals surface area contributed by atoms with Gasteiger partial charge >= 0.3 is 6.03 Å². The molecule has 3 atom stereocenters. The molecule has 4 rings (SSSR count). The molecule has 2 heterocycles. The summed E-state index contributed by atoms with van der Waals surface area (Å²) in [7, 11) is 1.69. The van der Waals surface area contributed by atoms with Gasteiger partial charge in [0.25, 0.3) is 11.8 Å². The predicted octanol–water partition coefficient (Wildman–Crippen LogP) is 3.72. The number of carbonyl (C=O) groups is 3. The van der Waals surface area contributed by atoms with E-state index in [-0.39, 0.29) is 42.5 Å². The Balaban J connectivity index is 1.59. The minimum atomic E-state index is -0.450. The molecule has 0 bridgehead atoms. The maximum absolute atomic E-state index is 13.6. The van der Waals surface area contributed by atoms with Crippen molar-refractivity contribution in [3.63, 3.8) is 0 Å². The van der Waals surface area contributed by atoms with E-state index >= 15 is 0 Å². The second kappa shape index (κ2) is 12.4. The molecule has 1 aliphatic heterocycles. The molecule has 3 N–H and O–H groups in total. The number of likely N-dealkylation sites (N-methyl/N-ethyl adjacent to an activating group) is 1. The lowest BCUT2D eigenvalue weighted by molar-refractivity contribution is 0.0371. The Bertz CT molecular complexity index is 1300. The van der Waals surface area contributed by atoms with Gasteiger partial charge in [-0.1, -0.05) is 25.1 Å². The summed E-state index contributed by atoms with van der Waals surface area (Å²) >= 11 is 0. The number of anilines is 2. The molecule has 39 heavy (non-hydrogen) atoms. The van der Waals surface area contributed by atoms with Crippen molar-refractivity contribution in [2.24, 2.45) is 5.92 Å². The van der Waals surface area contributed by atoms with Crippen molar-refractivity contribution in [1.29, 1.82) is 0 Å². The Hall–Kier alpha value is -4.44. The molecule has 10 heteroatoms. The highest BCUT2D eigenvalue weighted by Crippen LogP contribution is 2.31. The third kappa shape index (κ3) is 6.71. The first-order chi connectivity index (χ1) is 18.8. The number of amides is 4. The lowest BCUT2D eigenvalue weighted by Crippen LogP contribution is -2.50. The van der Waals surface area contributed by atoms with E-state index in [0.29, 0.717) is 29.2 Å². The van der Waals surface area contributed by atoms with E-state index in [4.69, 9.17) is 4.74 Å². The van der Waals surface area contributed by atoms with Crippen LogP contribution >= 0.6 is 0 Å². The Morgan fingerprint density at radius 2 is 1.82 bits per heavy atom. The summed E-state index contributed by atoms with van der Waals surface area (Å²) in [6.45, 7) is 4.08. The molecule has 3 aromatic rings. The molecule has 0 aliphatic carbocycles. The third-order valence-corrected chi connectivity index (χ3v) is 6.69. The number of hydrogen-bond acceptors (Lipinski definition) is 6. The van der Waals surface area contributed by atoms with E-state index in [2.05, 4.69) is 15.6 Å². The van der Waals surface area contributed by atoms with Gasteiger partial charge in [-0.3, -0.25) is 14.6 Å². The number of benzene rings is 2. The molecule has 0 unspecified atom stereocenters. The molecular formula is C29H33N5O5. The largest absolute Gasteiger partial charge is 0.487 e. The molecule has 2 aromatic carbocycles. The molecule has 0 saturated carbocycles. The number of aromatic nitrogens is 1. The number of para-hydroxylation sites is 1. The maximum atomic E-state index is 13.6. The Morgan fingerprint density at radius 3 is 2.51 bits per heavy atom. The molecule has 0 spiro atoms. The van der Waals surface area contributed by atoms with Crippen LogP contribution in [0.1, 0.15) is 34.6 Å². The van der Waals surface area contributed by atoms with Crippen molar-refractivity contribution < 1.29 is 24.2 Å². The average Bonchev–Trinajstić information content (AvgIpc) is 2.95. The topological polar surface area (TPSA) is 124 Å². The number of urea groups is 1. The molecule has 0 saturated heterocycles. The quantitative estimate of drug-likeness (QED) is 0.427. The van der Waals surface area contributed by atoms with Gasteiger partial charge in [0.05, 0.1) is 24.8 Å². The van der Waals surface area contributed by atoms with E-state index in [1.54, 1.807) is 54.1 Å². The fourth-order valence-corrected chi connectivity index (χ4v) is 4.32. The second-order valence-corrected chi connectivity index (χ2v) is 9.70. The van der Waals surface area contributed by atoms with E-state index in [9.17, 15) is 19.5 Å². The number of aliphatic hydroxyl groups excluding tert-OH is 1. The summed E-state index contributed by atoms with van der Waals surface area (Å²) in [5.41, 5.74) is 1.80. The maximum Gasteiger partial charge on any atom is 0.321 e. The zero-order valence-corrected chi connectivity index (χ0v) is 22.2. The standard InChI is InChI=1S/C29H33N5O5/c1-19-16-34(20(2)18-35)28(37)24-15-23(31-27(36)21-11-13-30-14-12-21)9-10-25(24)39-26(19)17-33(3)29(38)32-22-7-5-4-6-8-22/h4-15,19-20,26,35H,16-18H2,1-3H3,(H,31,36)(H,32,38)/t19-,20+,26-/m1/s1. The fraction of sp³-hybridized carbons (Fsp3) is 0.310. The first-order valence-electron chi connectivity index (χ1n) is 12.8. The van der Waals surface area contributed by atoms with Crippen LogP contribution in [0.5, 0.6) is 5.75 Å². The van der Waals surface area contributed by atoms with Gasteiger partial charge in [0, 0.05) is 48.8 Å². The predicted molar refractivity (Wildman–Crippen MR) is 148 cm³/mol. The minimum Gasteiger partial charge on any atom is -0.487 e. The molecule has 0 radical (unpaired) electrons. The average molecular weight is 532 g/mol. The monoisotopic (exact) mass is 531 g/mol. The molecule has 0 fully saturated rings. The fourth-order valence-electron chi connectivity index (χ4n) is 4.32. The van der Waals surface area contributed by atoms with Gasteiger partial charge in [-0.25, -0.2) is 4.79 Å². The Labute approximate surface area is 227 Å². The highest BCUT2D eigenvalue weighted by Gasteiger charge is 2.34. The number of aliphatic hydroxyl groups is 1. The van der Waals surface area contributed by atoms with E-state index in [0.717, 1.165) is 0 Å². The normalized spacial score (nSPS) is 17.6. The first kappa shape index (κ1) is 27.6. The molecule has 10 nitrogen and oxygen atoms in total. The third-order valence-electron chi connectivity index (χ3n) is 6.69. The summed E-state index contributed by atoms with van der Waals surface area (Å²) < 4.78 is 6.34. The van der Waals surface area contributed by atoms with Crippen LogP contribution < -0.4 is 15.4 Å². The Morgan fingerprint density at radius 1 is 1.10 bits per heavy atom. The van der Waals surface area contributed by atoms with Crippen LogP contribution in [0.2, 0.25) is 0 Å². The summed E-state index contributed by atoms with van der Waals surface area (Å²) in [6, 6.07) is 16.5. The minimum absolute atomic E-state index is 0.158. The highest BCUT2D eigenvalue weighted by molar-refractivity contribution is 6.05. The SMILES string of the molecule is C[C@@H]1CN([C@@H](C)CO)C(=O)c2cc(NC(=O)c3ccncc3)ccc2O[C@@H]1CN(C)C(=O)Nc1ccccc1. The van der Waals surface area contributed by atoms with Gasteiger partial charge in [-0.05, 0) is 49.4 Å². The van der Waals surface area contributed by atoms with Gasteiger partial charge < -0.3 is 30.3 Å². The van der Waals surface area contributed by atoms with Crippen molar-refractivity contribution in [3.8, 4) is 5.75 Å². The van der Waals surface area contributed by atoms with Crippen molar-refractivity contribution in [2.75, 3.05) is 37.4 Å². The van der Waals surface area contributed by atoms with Crippen molar-refractivity contribution >= 4 is 29.2 Å². The van der Waals surface area contributed by atoms with Crippen LogP contribution in [0, 0.1) is 5.92 Å². The number of carbonyl (C=O) groups excluding carboxylic acids is 3. The lowest BCUT2D eigenvalue weighted by Gasteiger charge is -2.38. The first-order valence-corrected chi connectivity index (χ1v) is 12.8. The number of rotatable bonds is 7. The smallest absolute Gasteiger partial charge is 0.321 e.